The van der Waals surface area contributed by atoms with Crippen LogP contribution < -0.4 is 0 Å². The van der Waals surface area contributed by atoms with Crippen molar-refractivity contribution in [1.82, 2.24) is 0 Å². The van der Waals surface area contributed by atoms with Crippen LogP contribution in [-0.2, 0) is 9.53 Å². The highest BCUT2D eigenvalue weighted by molar-refractivity contribution is 5.89. The first-order valence-corrected chi connectivity index (χ1v) is 6.05. The Labute approximate surface area is 102 Å². The highest BCUT2D eigenvalue weighted by Gasteiger charge is 2.16. The van der Waals surface area contributed by atoms with E-state index in [1.165, 1.54) is 23.8 Å². The highest BCUT2D eigenvalue weighted by Crippen LogP contribution is 2.30. The zero-order valence-corrected chi connectivity index (χ0v) is 10.5. The van der Waals surface area contributed by atoms with Crippen LogP contribution >= 0.6 is 0 Å². The fourth-order valence-corrected chi connectivity index (χ4v) is 2.21. The average molecular weight is 230 g/mol. The maximum atomic E-state index is 11.3. The lowest BCUT2D eigenvalue weighted by molar-refractivity contribution is -0.136. The van der Waals surface area contributed by atoms with Crippen molar-refractivity contribution in [1.29, 1.82) is 0 Å². The normalized spacial score (nSPS) is 19.9. The van der Waals surface area contributed by atoms with E-state index in [0.29, 0.717) is 0 Å². The van der Waals surface area contributed by atoms with Gasteiger partial charge < -0.3 is 4.74 Å². The molecular formula is C15H18O2. The number of methoxy groups -OCH3 is 1. The number of carbonyl (C=O) groups excluding carboxylic acids is 1. The van der Waals surface area contributed by atoms with E-state index in [1.807, 2.05) is 6.08 Å². The predicted molar refractivity (Wildman–Crippen MR) is 68.5 cm³/mol. The van der Waals surface area contributed by atoms with E-state index in [9.17, 15) is 4.79 Å². The Hall–Kier alpha value is -1.57. The van der Waals surface area contributed by atoms with Crippen molar-refractivity contribution >= 4 is 5.97 Å². The molecule has 0 bridgehead atoms. The summed E-state index contributed by atoms with van der Waals surface area (Å²) in [6.45, 7) is 2.16. The van der Waals surface area contributed by atoms with Crippen LogP contribution in [0.4, 0.5) is 0 Å². The fraction of sp³-hybridized carbons (Fsp3) is 0.400. The Bertz CT molecular complexity index is 448. The number of esters is 1. The summed E-state index contributed by atoms with van der Waals surface area (Å²) < 4.78 is 4.72. The topological polar surface area (TPSA) is 26.3 Å². The molecular weight excluding hydrogens is 212 g/mol. The lowest BCUT2D eigenvalue weighted by Gasteiger charge is -2.18. The number of hydrogen-bond donors (Lipinski definition) is 0. The molecule has 0 heterocycles. The van der Waals surface area contributed by atoms with Crippen molar-refractivity contribution in [2.24, 2.45) is 0 Å². The smallest absolute Gasteiger partial charge is 0.333 e. The third kappa shape index (κ3) is 2.76. The number of rotatable bonds is 2. The number of carbonyl (C=O) groups is 1. The van der Waals surface area contributed by atoms with Crippen molar-refractivity contribution in [2.75, 3.05) is 7.11 Å². The van der Waals surface area contributed by atoms with Crippen LogP contribution in [0.15, 0.2) is 46.6 Å². The number of hydrogen-bond acceptors (Lipinski definition) is 2. The van der Waals surface area contributed by atoms with Crippen molar-refractivity contribution in [3.8, 4) is 0 Å². The van der Waals surface area contributed by atoms with Gasteiger partial charge in [0.1, 0.15) is 0 Å². The number of allylic oxidation sites excluding steroid dienone is 7. The molecule has 0 aliphatic heterocycles. The average Bonchev–Trinajstić information content (AvgIpc) is 2.39. The first-order valence-electron chi connectivity index (χ1n) is 6.05. The van der Waals surface area contributed by atoms with Crippen LogP contribution in [0.25, 0.3) is 0 Å². The Morgan fingerprint density at radius 3 is 2.12 bits per heavy atom. The minimum absolute atomic E-state index is 0.200. The van der Waals surface area contributed by atoms with Crippen molar-refractivity contribution in [3.05, 3.63) is 46.6 Å². The summed E-state index contributed by atoms with van der Waals surface area (Å²) in [6, 6.07) is 0. The molecule has 0 saturated heterocycles. The number of ether oxygens (including phenoxy) is 1. The van der Waals surface area contributed by atoms with Gasteiger partial charge in [0, 0.05) is 5.57 Å². The van der Waals surface area contributed by atoms with Gasteiger partial charge in [0.05, 0.1) is 7.11 Å². The third-order valence-electron chi connectivity index (χ3n) is 3.37. The van der Waals surface area contributed by atoms with Crippen LogP contribution in [0.5, 0.6) is 0 Å². The van der Waals surface area contributed by atoms with E-state index in [2.05, 4.69) is 25.2 Å². The minimum Gasteiger partial charge on any atom is -0.466 e. The van der Waals surface area contributed by atoms with Crippen molar-refractivity contribution in [2.45, 2.75) is 32.6 Å². The Kier molecular flexibility index (Phi) is 3.62. The van der Waals surface area contributed by atoms with E-state index in [1.54, 1.807) is 0 Å². The Morgan fingerprint density at radius 2 is 1.65 bits per heavy atom. The molecule has 0 N–H and O–H groups in total. The van der Waals surface area contributed by atoms with Crippen molar-refractivity contribution < 1.29 is 9.53 Å². The molecule has 0 spiro atoms. The molecule has 90 valence electrons. The molecule has 0 fully saturated rings. The van der Waals surface area contributed by atoms with E-state index in [0.717, 1.165) is 31.3 Å². The summed E-state index contributed by atoms with van der Waals surface area (Å²) in [7, 11) is 1.43. The fourth-order valence-electron chi connectivity index (χ4n) is 2.21. The summed E-state index contributed by atoms with van der Waals surface area (Å²) in [5.74, 6) is -0.200. The third-order valence-corrected chi connectivity index (χ3v) is 3.37. The highest BCUT2D eigenvalue weighted by atomic mass is 16.5. The Balaban J connectivity index is 2.13. The van der Waals surface area contributed by atoms with E-state index < -0.39 is 0 Å². The molecule has 0 radical (unpaired) electrons. The molecule has 0 unspecified atom stereocenters. The monoisotopic (exact) mass is 230 g/mol. The maximum absolute atomic E-state index is 11.3. The van der Waals surface area contributed by atoms with Gasteiger partial charge in [-0.25, -0.2) is 4.79 Å². The zero-order chi connectivity index (χ0) is 12.3. The first kappa shape index (κ1) is 11.9. The van der Waals surface area contributed by atoms with Gasteiger partial charge in [-0.1, -0.05) is 29.9 Å². The van der Waals surface area contributed by atoms with Crippen LogP contribution in [-0.4, -0.2) is 13.1 Å². The molecule has 2 heteroatoms. The molecule has 0 saturated carbocycles. The van der Waals surface area contributed by atoms with Gasteiger partial charge in [-0.15, -0.1) is 0 Å². The van der Waals surface area contributed by atoms with Crippen LogP contribution in [0, 0.1) is 0 Å². The molecule has 0 aromatic heterocycles. The summed E-state index contributed by atoms with van der Waals surface area (Å²) in [5, 5.41) is 0. The molecule has 2 aliphatic rings. The largest absolute Gasteiger partial charge is 0.466 e. The molecule has 2 nitrogen and oxygen atoms in total. The summed E-state index contributed by atoms with van der Waals surface area (Å²) in [5.41, 5.74) is 4.99. The van der Waals surface area contributed by atoms with Crippen LogP contribution in [0.1, 0.15) is 32.6 Å². The minimum atomic E-state index is -0.200. The van der Waals surface area contributed by atoms with Gasteiger partial charge in [0.2, 0.25) is 0 Å². The second kappa shape index (κ2) is 5.17. The maximum Gasteiger partial charge on any atom is 0.333 e. The van der Waals surface area contributed by atoms with Gasteiger partial charge >= 0.3 is 5.97 Å². The summed E-state index contributed by atoms with van der Waals surface area (Å²) in [6.07, 6.45) is 12.4. The van der Waals surface area contributed by atoms with Gasteiger partial charge in [-0.2, -0.15) is 0 Å². The molecule has 0 aromatic carbocycles. The van der Waals surface area contributed by atoms with Gasteiger partial charge in [0.15, 0.2) is 0 Å². The van der Waals surface area contributed by atoms with E-state index in [-0.39, 0.29) is 5.97 Å². The summed E-state index contributed by atoms with van der Waals surface area (Å²) in [4.78, 5) is 11.3. The molecule has 17 heavy (non-hydrogen) atoms. The van der Waals surface area contributed by atoms with Gasteiger partial charge in [-0.05, 0) is 43.8 Å². The zero-order valence-electron chi connectivity index (χ0n) is 10.5. The van der Waals surface area contributed by atoms with Gasteiger partial charge in [0.25, 0.3) is 0 Å². The lowest BCUT2D eigenvalue weighted by atomic mass is 9.87. The Morgan fingerprint density at radius 1 is 1.00 bits per heavy atom. The molecule has 0 aromatic rings. The quantitative estimate of drug-likeness (QED) is 0.679. The predicted octanol–water partition coefficient (Wildman–Crippen LogP) is 3.47. The van der Waals surface area contributed by atoms with E-state index >= 15 is 0 Å². The molecule has 2 rings (SSSR count). The van der Waals surface area contributed by atoms with Crippen LogP contribution in [0.3, 0.4) is 0 Å². The van der Waals surface area contributed by atoms with Crippen molar-refractivity contribution in [3.63, 3.8) is 0 Å². The first-order chi connectivity index (χ1) is 8.20. The molecule has 2 aliphatic carbocycles. The SMILES string of the molecule is COC(=O)C1=CC=C(C2=CC=C(C)CC2)CC1. The second-order valence-electron chi connectivity index (χ2n) is 4.58. The summed E-state index contributed by atoms with van der Waals surface area (Å²) >= 11 is 0. The second-order valence-corrected chi connectivity index (χ2v) is 4.58. The van der Waals surface area contributed by atoms with E-state index in [4.69, 9.17) is 4.74 Å². The standard InChI is InChI=1S/C15H18O2/c1-11-3-5-12(6-4-11)13-7-9-14(10-8-13)15(16)17-2/h3,5,7,9H,4,6,8,10H2,1-2H3. The molecule has 0 atom stereocenters. The van der Waals surface area contributed by atoms with Crippen LogP contribution in [0.2, 0.25) is 0 Å². The molecule has 0 amide bonds. The van der Waals surface area contributed by atoms with Gasteiger partial charge in [-0.3, -0.25) is 0 Å². The lowest BCUT2D eigenvalue weighted by Crippen LogP contribution is -2.08.